The number of sulfonamides is 1. The molecule has 0 spiro atoms. The molecule has 1 unspecified atom stereocenters. The third-order valence-electron chi connectivity index (χ3n) is 2.41. The normalized spacial score (nSPS) is 12.7. The molecule has 0 aliphatic heterocycles. The lowest BCUT2D eigenvalue weighted by Crippen LogP contribution is -2.43. The molecular formula is C11H15N3O3S2. The van der Waals surface area contributed by atoms with E-state index in [-0.39, 0.29) is 15.4 Å². The van der Waals surface area contributed by atoms with Crippen molar-refractivity contribution in [2.45, 2.75) is 17.9 Å². The number of nitrogens with one attached hydrogen (secondary N) is 2. The first-order valence-corrected chi connectivity index (χ1v) is 7.31. The van der Waals surface area contributed by atoms with Gasteiger partial charge in [-0.1, -0.05) is 30.4 Å². The molecule has 1 amide bonds. The molecule has 0 heterocycles. The van der Waals surface area contributed by atoms with Crippen molar-refractivity contribution in [1.82, 2.24) is 10.0 Å². The largest absolute Gasteiger partial charge is 0.389 e. The summed E-state index contributed by atoms with van der Waals surface area (Å²) in [6.45, 7) is 1.44. The monoisotopic (exact) mass is 301 g/mol. The third kappa shape index (κ3) is 3.72. The maximum absolute atomic E-state index is 12.2. The van der Waals surface area contributed by atoms with Gasteiger partial charge in [0.25, 0.3) is 0 Å². The van der Waals surface area contributed by atoms with E-state index in [1.165, 1.54) is 26.1 Å². The Kier molecular flexibility index (Phi) is 4.98. The number of hydrogen-bond acceptors (Lipinski definition) is 4. The molecule has 1 aromatic rings. The van der Waals surface area contributed by atoms with Crippen molar-refractivity contribution in [3.05, 3.63) is 29.8 Å². The number of likely N-dealkylation sites (N-methyl/N-ethyl adjacent to an activating group) is 1. The Balaban J connectivity index is 3.15. The quantitative estimate of drug-likeness (QED) is 0.650. The molecule has 1 aromatic carbocycles. The van der Waals surface area contributed by atoms with Crippen LogP contribution in [0.3, 0.4) is 0 Å². The number of rotatable bonds is 5. The number of amides is 1. The smallest absolute Gasteiger partial charge is 0.241 e. The molecule has 6 nitrogen and oxygen atoms in total. The van der Waals surface area contributed by atoms with E-state index in [0.29, 0.717) is 0 Å². The first kappa shape index (κ1) is 15.5. The van der Waals surface area contributed by atoms with Crippen LogP contribution in [-0.4, -0.2) is 32.4 Å². The highest BCUT2D eigenvalue weighted by atomic mass is 32.2. The molecule has 0 bridgehead atoms. The molecule has 0 aliphatic rings. The van der Waals surface area contributed by atoms with Gasteiger partial charge in [0.15, 0.2) is 0 Å². The van der Waals surface area contributed by atoms with Crippen molar-refractivity contribution in [3.63, 3.8) is 0 Å². The topological polar surface area (TPSA) is 101 Å². The molecule has 0 aromatic heterocycles. The number of carbonyl (C=O) groups excluding carboxylic acids is 1. The van der Waals surface area contributed by atoms with Gasteiger partial charge in [-0.2, -0.15) is 4.72 Å². The fourth-order valence-electron chi connectivity index (χ4n) is 1.47. The van der Waals surface area contributed by atoms with Gasteiger partial charge >= 0.3 is 0 Å². The van der Waals surface area contributed by atoms with Crippen LogP contribution in [0.4, 0.5) is 0 Å². The molecule has 104 valence electrons. The Labute approximate surface area is 117 Å². The zero-order chi connectivity index (χ0) is 14.6. The Bertz CT molecular complexity index is 599. The number of nitrogens with two attached hydrogens (primary N) is 1. The van der Waals surface area contributed by atoms with Crippen molar-refractivity contribution in [2.24, 2.45) is 5.73 Å². The van der Waals surface area contributed by atoms with E-state index >= 15 is 0 Å². The van der Waals surface area contributed by atoms with Crippen molar-refractivity contribution >= 4 is 33.1 Å². The summed E-state index contributed by atoms with van der Waals surface area (Å²) in [5.74, 6) is -0.434. The van der Waals surface area contributed by atoms with E-state index < -0.39 is 22.0 Å². The standard InChI is InChI=1S/C11H15N3O3S2/c1-7(11(15)13-2)14-19(16,17)9-6-4-3-5-8(9)10(12)18/h3-7,14H,1-2H3,(H2,12,18)(H,13,15). The van der Waals surface area contributed by atoms with E-state index in [2.05, 4.69) is 10.0 Å². The van der Waals surface area contributed by atoms with Crippen LogP contribution in [0, 0.1) is 0 Å². The van der Waals surface area contributed by atoms with E-state index in [0.717, 1.165) is 0 Å². The molecule has 0 aliphatic carbocycles. The average Bonchev–Trinajstić information content (AvgIpc) is 2.37. The van der Waals surface area contributed by atoms with Crippen LogP contribution in [0.15, 0.2) is 29.2 Å². The van der Waals surface area contributed by atoms with Gasteiger partial charge in [0.1, 0.15) is 4.99 Å². The summed E-state index contributed by atoms with van der Waals surface area (Å²) in [6, 6.07) is 5.19. The molecular weight excluding hydrogens is 286 g/mol. The van der Waals surface area contributed by atoms with Crippen molar-refractivity contribution in [2.75, 3.05) is 7.05 Å². The summed E-state index contributed by atoms with van der Waals surface area (Å²) in [5.41, 5.74) is 5.73. The van der Waals surface area contributed by atoms with Crippen molar-refractivity contribution < 1.29 is 13.2 Å². The highest BCUT2D eigenvalue weighted by Gasteiger charge is 2.24. The van der Waals surface area contributed by atoms with Crippen molar-refractivity contribution in [3.8, 4) is 0 Å². The summed E-state index contributed by atoms with van der Waals surface area (Å²) < 4.78 is 26.6. The van der Waals surface area contributed by atoms with Crippen LogP contribution in [0.1, 0.15) is 12.5 Å². The maximum atomic E-state index is 12.2. The van der Waals surface area contributed by atoms with Crippen LogP contribution in [-0.2, 0) is 14.8 Å². The average molecular weight is 301 g/mol. The Morgan fingerprint density at radius 3 is 2.47 bits per heavy atom. The maximum Gasteiger partial charge on any atom is 0.241 e. The second-order valence-corrected chi connectivity index (χ2v) is 5.94. The minimum Gasteiger partial charge on any atom is -0.389 e. The molecule has 19 heavy (non-hydrogen) atoms. The van der Waals surface area contributed by atoms with Gasteiger partial charge in [0, 0.05) is 12.6 Å². The SMILES string of the molecule is CNC(=O)C(C)NS(=O)(=O)c1ccccc1C(N)=S. The zero-order valence-corrected chi connectivity index (χ0v) is 12.1. The molecule has 8 heteroatoms. The Hall–Kier alpha value is -1.51. The lowest BCUT2D eigenvalue weighted by molar-refractivity contribution is -0.121. The minimum absolute atomic E-state index is 0.0198. The Morgan fingerprint density at radius 2 is 1.95 bits per heavy atom. The summed E-state index contributed by atoms with van der Waals surface area (Å²) >= 11 is 4.81. The highest BCUT2D eigenvalue weighted by molar-refractivity contribution is 7.89. The molecule has 0 saturated carbocycles. The van der Waals surface area contributed by atoms with Gasteiger partial charge < -0.3 is 11.1 Å². The van der Waals surface area contributed by atoms with Crippen molar-refractivity contribution in [1.29, 1.82) is 0 Å². The highest BCUT2D eigenvalue weighted by Crippen LogP contribution is 2.15. The van der Waals surface area contributed by atoms with Crippen LogP contribution in [0.5, 0.6) is 0 Å². The van der Waals surface area contributed by atoms with Crippen LogP contribution in [0.2, 0.25) is 0 Å². The second-order valence-electron chi connectivity index (χ2n) is 3.82. The van der Waals surface area contributed by atoms with Crippen LogP contribution >= 0.6 is 12.2 Å². The predicted octanol–water partition coefficient (Wildman–Crippen LogP) is -0.266. The first-order chi connectivity index (χ1) is 8.79. The van der Waals surface area contributed by atoms with E-state index in [1.54, 1.807) is 12.1 Å². The molecule has 1 rings (SSSR count). The summed E-state index contributed by atoms with van der Waals surface area (Å²) in [4.78, 5) is 11.3. The molecule has 0 fully saturated rings. The second kappa shape index (κ2) is 6.09. The molecule has 1 atom stereocenters. The van der Waals surface area contributed by atoms with Gasteiger partial charge in [-0.05, 0) is 13.0 Å². The lowest BCUT2D eigenvalue weighted by Gasteiger charge is -2.14. The minimum atomic E-state index is -3.87. The van der Waals surface area contributed by atoms with Crippen LogP contribution in [0.25, 0.3) is 0 Å². The summed E-state index contributed by atoms with van der Waals surface area (Å²) in [7, 11) is -2.44. The fourth-order valence-corrected chi connectivity index (χ4v) is 3.14. The first-order valence-electron chi connectivity index (χ1n) is 5.42. The summed E-state index contributed by atoms with van der Waals surface area (Å²) in [6.07, 6.45) is 0. The van der Waals surface area contributed by atoms with Gasteiger partial charge in [-0.25, -0.2) is 8.42 Å². The van der Waals surface area contributed by atoms with Gasteiger partial charge in [-0.3, -0.25) is 4.79 Å². The van der Waals surface area contributed by atoms with E-state index in [4.69, 9.17) is 18.0 Å². The van der Waals surface area contributed by atoms with Gasteiger partial charge in [0.2, 0.25) is 15.9 Å². The molecule has 0 radical (unpaired) electrons. The number of carbonyl (C=O) groups is 1. The Morgan fingerprint density at radius 1 is 1.37 bits per heavy atom. The fraction of sp³-hybridized carbons (Fsp3) is 0.273. The molecule has 4 N–H and O–H groups in total. The zero-order valence-electron chi connectivity index (χ0n) is 10.5. The van der Waals surface area contributed by atoms with Gasteiger partial charge in [-0.15, -0.1) is 0 Å². The predicted molar refractivity (Wildman–Crippen MR) is 76.2 cm³/mol. The van der Waals surface area contributed by atoms with E-state index in [9.17, 15) is 13.2 Å². The number of thiocarbonyl (C=S) groups is 1. The summed E-state index contributed by atoms with van der Waals surface area (Å²) in [5, 5.41) is 2.36. The third-order valence-corrected chi connectivity index (χ3v) is 4.23. The number of hydrogen-bond donors (Lipinski definition) is 3. The number of benzene rings is 1. The molecule has 0 saturated heterocycles. The van der Waals surface area contributed by atoms with Gasteiger partial charge in [0.05, 0.1) is 10.9 Å². The van der Waals surface area contributed by atoms with Crippen LogP contribution < -0.4 is 15.8 Å². The van der Waals surface area contributed by atoms with E-state index in [1.807, 2.05) is 0 Å². The lowest BCUT2D eigenvalue weighted by atomic mass is 10.2.